The average Bonchev–Trinajstić information content (AvgIpc) is 2.85. The Balaban J connectivity index is 0.00000180. The maximum absolute atomic E-state index is 12.1. The minimum atomic E-state index is 0. The molecule has 1 aliphatic carbocycles. The topological polar surface area (TPSA) is 44.4 Å². The maximum atomic E-state index is 12.1. The van der Waals surface area contributed by atoms with Gasteiger partial charge in [-0.05, 0) is 38.8 Å². The van der Waals surface area contributed by atoms with Crippen molar-refractivity contribution in [2.45, 2.75) is 51.1 Å². The molecule has 2 fully saturated rings. The Kier molecular flexibility index (Phi) is 7.11. The molecule has 0 aromatic heterocycles. The van der Waals surface area contributed by atoms with E-state index in [-0.39, 0.29) is 18.3 Å². The second-order valence-electron chi connectivity index (χ2n) is 6.00. The largest absolute Gasteiger partial charge is 0.352 e. The molecule has 1 heterocycles. The molecule has 3 unspecified atom stereocenters. The first-order valence-corrected chi connectivity index (χ1v) is 7.37. The van der Waals surface area contributed by atoms with Crippen LogP contribution < -0.4 is 10.6 Å². The van der Waals surface area contributed by atoms with Gasteiger partial charge < -0.3 is 10.6 Å². The van der Waals surface area contributed by atoms with Crippen LogP contribution >= 0.6 is 12.4 Å². The van der Waals surface area contributed by atoms with Crippen LogP contribution in [-0.4, -0.2) is 49.6 Å². The van der Waals surface area contributed by atoms with Crippen molar-refractivity contribution >= 4 is 18.3 Å². The normalized spacial score (nSPS) is 31.0. The molecule has 2 rings (SSSR count). The molecule has 1 saturated heterocycles. The van der Waals surface area contributed by atoms with Crippen LogP contribution in [0.3, 0.4) is 0 Å². The average molecular weight is 290 g/mol. The summed E-state index contributed by atoms with van der Waals surface area (Å²) in [7, 11) is 2.06. The number of hydrogen-bond acceptors (Lipinski definition) is 3. The fourth-order valence-corrected chi connectivity index (χ4v) is 3.15. The predicted octanol–water partition coefficient (Wildman–Crippen LogP) is 1.40. The molecule has 2 N–H and O–H groups in total. The number of hydrogen-bond donors (Lipinski definition) is 2. The third-order valence-corrected chi connectivity index (χ3v) is 4.51. The summed E-state index contributed by atoms with van der Waals surface area (Å²) in [5, 5.41) is 6.56. The van der Waals surface area contributed by atoms with Crippen molar-refractivity contribution in [3.05, 3.63) is 0 Å². The standard InChI is InChI=1S/C14H27N3O.ClH/c1-11-5-3-4-6-13(11)16-14(18)10-17(2)12-7-8-15-9-12;/h11-13,15H,3-10H2,1-2H3,(H,16,18);1H. The van der Waals surface area contributed by atoms with E-state index in [1.807, 2.05) is 0 Å². The zero-order chi connectivity index (χ0) is 13.0. The molecule has 2 aliphatic rings. The van der Waals surface area contributed by atoms with Crippen LogP contribution in [0.1, 0.15) is 39.0 Å². The van der Waals surface area contributed by atoms with Crippen molar-refractivity contribution in [3.63, 3.8) is 0 Å². The van der Waals surface area contributed by atoms with Gasteiger partial charge in [0.05, 0.1) is 6.54 Å². The van der Waals surface area contributed by atoms with Gasteiger partial charge in [0, 0.05) is 18.6 Å². The number of carbonyl (C=O) groups is 1. The van der Waals surface area contributed by atoms with E-state index < -0.39 is 0 Å². The highest BCUT2D eigenvalue weighted by molar-refractivity contribution is 5.85. The van der Waals surface area contributed by atoms with Crippen molar-refractivity contribution in [2.75, 3.05) is 26.7 Å². The van der Waals surface area contributed by atoms with Crippen molar-refractivity contribution in [3.8, 4) is 0 Å². The second-order valence-corrected chi connectivity index (χ2v) is 6.00. The molecule has 5 heteroatoms. The van der Waals surface area contributed by atoms with Gasteiger partial charge in [0.1, 0.15) is 0 Å². The molecule has 1 amide bonds. The van der Waals surface area contributed by atoms with Crippen molar-refractivity contribution in [1.29, 1.82) is 0 Å². The molecule has 1 saturated carbocycles. The Bertz CT molecular complexity index is 282. The Morgan fingerprint density at radius 2 is 2.05 bits per heavy atom. The van der Waals surface area contributed by atoms with E-state index in [2.05, 4.69) is 29.5 Å². The van der Waals surface area contributed by atoms with Gasteiger partial charge in [0.25, 0.3) is 0 Å². The summed E-state index contributed by atoms with van der Waals surface area (Å²) in [4.78, 5) is 14.2. The number of rotatable bonds is 4. The molecule has 0 radical (unpaired) electrons. The smallest absolute Gasteiger partial charge is 0.234 e. The summed E-state index contributed by atoms with van der Waals surface area (Å²) in [6.45, 7) is 4.89. The summed E-state index contributed by atoms with van der Waals surface area (Å²) in [6.07, 6.45) is 6.15. The molecule has 1 aliphatic heterocycles. The van der Waals surface area contributed by atoms with E-state index in [1.54, 1.807) is 0 Å². The van der Waals surface area contributed by atoms with Crippen LogP contribution in [0.4, 0.5) is 0 Å². The highest BCUT2D eigenvalue weighted by Gasteiger charge is 2.25. The Morgan fingerprint density at radius 3 is 2.68 bits per heavy atom. The van der Waals surface area contributed by atoms with Gasteiger partial charge in [-0.3, -0.25) is 9.69 Å². The minimum absolute atomic E-state index is 0. The monoisotopic (exact) mass is 289 g/mol. The molecule has 19 heavy (non-hydrogen) atoms. The van der Waals surface area contributed by atoms with E-state index in [9.17, 15) is 4.79 Å². The Morgan fingerprint density at radius 1 is 1.32 bits per heavy atom. The van der Waals surface area contributed by atoms with Crippen LogP contribution in [0.25, 0.3) is 0 Å². The summed E-state index contributed by atoms with van der Waals surface area (Å²) in [6, 6.07) is 0.931. The zero-order valence-electron chi connectivity index (χ0n) is 12.2. The molecule has 0 aromatic carbocycles. The molecular formula is C14H28ClN3O. The molecule has 112 valence electrons. The molecule has 0 spiro atoms. The van der Waals surface area contributed by atoms with Gasteiger partial charge in [0.15, 0.2) is 0 Å². The molecular weight excluding hydrogens is 262 g/mol. The number of halogens is 1. The van der Waals surface area contributed by atoms with Crippen LogP contribution in [0.15, 0.2) is 0 Å². The van der Waals surface area contributed by atoms with E-state index in [0.717, 1.165) is 25.9 Å². The van der Waals surface area contributed by atoms with E-state index in [1.165, 1.54) is 19.3 Å². The van der Waals surface area contributed by atoms with Gasteiger partial charge in [-0.25, -0.2) is 0 Å². The number of amides is 1. The lowest BCUT2D eigenvalue weighted by molar-refractivity contribution is -0.123. The Labute approximate surface area is 123 Å². The van der Waals surface area contributed by atoms with E-state index >= 15 is 0 Å². The number of carbonyl (C=O) groups excluding carboxylic acids is 1. The lowest BCUT2D eigenvalue weighted by Crippen LogP contribution is -2.47. The SMILES string of the molecule is CC1CCCCC1NC(=O)CN(C)C1CCNC1.Cl. The van der Waals surface area contributed by atoms with E-state index in [4.69, 9.17) is 0 Å². The lowest BCUT2D eigenvalue weighted by atomic mass is 9.86. The summed E-state index contributed by atoms with van der Waals surface area (Å²) < 4.78 is 0. The van der Waals surface area contributed by atoms with Crippen LogP contribution in [-0.2, 0) is 4.79 Å². The highest BCUT2D eigenvalue weighted by atomic mass is 35.5. The Hall–Kier alpha value is -0.320. The summed E-state index contributed by atoms with van der Waals surface area (Å²) in [5.74, 6) is 0.837. The summed E-state index contributed by atoms with van der Waals surface area (Å²) >= 11 is 0. The van der Waals surface area contributed by atoms with Gasteiger partial charge in [-0.2, -0.15) is 0 Å². The lowest BCUT2D eigenvalue weighted by Gasteiger charge is -2.31. The summed E-state index contributed by atoms with van der Waals surface area (Å²) in [5.41, 5.74) is 0. The predicted molar refractivity (Wildman–Crippen MR) is 80.7 cm³/mol. The van der Waals surface area contributed by atoms with Crippen LogP contribution in [0, 0.1) is 5.92 Å². The first-order chi connectivity index (χ1) is 8.66. The molecule has 0 aromatic rings. The first-order valence-electron chi connectivity index (χ1n) is 7.37. The number of likely N-dealkylation sites (N-methyl/N-ethyl adjacent to an activating group) is 1. The van der Waals surface area contributed by atoms with Crippen molar-refractivity contribution in [2.24, 2.45) is 5.92 Å². The molecule has 4 nitrogen and oxygen atoms in total. The fourth-order valence-electron chi connectivity index (χ4n) is 3.15. The van der Waals surface area contributed by atoms with Crippen LogP contribution in [0.2, 0.25) is 0 Å². The molecule has 3 atom stereocenters. The first kappa shape index (κ1) is 16.7. The van der Waals surface area contributed by atoms with Gasteiger partial charge in [0.2, 0.25) is 5.91 Å². The third-order valence-electron chi connectivity index (χ3n) is 4.51. The second kappa shape index (κ2) is 8.08. The number of nitrogens with one attached hydrogen (secondary N) is 2. The third kappa shape index (κ3) is 4.93. The number of nitrogens with zero attached hydrogens (tertiary/aromatic N) is 1. The van der Waals surface area contributed by atoms with Crippen molar-refractivity contribution < 1.29 is 4.79 Å². The fraction of sp³-hybridized carbons (Fsp3) is 0.929. The van der Waals surface area contributed by atoms with Crippen molar-refractivity contribution in [1.82, 2.24) is 15.5 Å². The quantitative estimate of drug-likeness (QED) is 0.822. The van der Waals surface area contributed by atoms with Gasteiger partial charge >= 0.3 is 0 Å². The highest BCUT2D eigenvalue weighted by Crippen LogP contribution is 2.23. The van der Waals surface area contributed by atoms with Crippen LogP contribution in [0.5, 0.6) is 0 Å². The zero-order valence-corrected chi connectivity index (χ0v) is 13.0. The maximum Gasteiger partial charge on any atom is 0.234 e. The molecule has 0 bridgehead atoms. The minimum Gasteiger partial charge on any atom is -0.352 e. The van der Waals surface area contributed by atoms with Gasteiger partial charge in [-0.1, -0.05) is 19.8 Å². The van der Waals surface area contributed by atoms with Gasteiger partial charge in [-0.15, -0.1) is 12.4 Å². The van der Waals surface area contributed by atoms with E-state index in [0.29, 0.717) is 24.5 Å².